The number of pyridine rings is 1. The molecule has 0 bridgehead atoms. The zero-order valence-corrected chi connectivity index (χ0v) is 9.03. The number of anilines is 1. The third kappa shape index (κ3) is 1.98. The topological polar surface area (TPSA) is 50.7 Å². The van der Waals surface area contributed by atoms with Crippen molar-refractivity contribution in [1.82, 2.24) is 15.2 Å². The molecule has 82 valence electrons. The molecule has 0 aliphatic heterocycles. The maximum absolute atomic E-state index is 12.7. The summed E-state index contributed by atoms with van der Waals surface area (Å²) in [5.41, 5.74) is 2.23. The van der Waals surface area contributed by atoms with Crippen LogP contribution < -0.4 is 5.32 Å². The average Bonchev–Trinajstić information content (AvgIpc) is 2.30. The highest BCUT2D eigenvalue weighted by Gasteiger charge is 2.06. The Balaban J connectivity index is 2.44. The van der Waals surface area contributed by atoms with Gasteiger partial charge in [-0.3, -0.25) is 4.98 Å². The summed E-state index contributed by atoms with van der Waals surface area (Å²) in [7, 11) is 1.78. The minimum Gasteiger partial charge on any atom is -0.372 e. The summed E-state index contributed by atoms with van der Waals surface area (Å²) in [5, 5.41) is 10.9. The van der Waals surface area contributed by atoms with Gasteiger partial charge in [-0.25, -0.2) is 4.39 Å². The molecule has 0 fully saturated rings. The lowest BCUT2D eigenvalue weighted by atomic mass is 10.1. The molecule has 2 aromatic rings. The largest absolute Gasteiger partial charge is 0.372 e. The Morgan fingerprint density at radius 3 is 2.62 bits per heavy atom. The van der Waals surface area contributed by atoms with Crippen molar-refractivity contribution >= 4 is 5.82 Å². The van der Waals surface area contributed by atoms with Crippen molar-refractivity contribution < 1.29 is 4.39 Å². The van der Waals surface area contributed by atoms with Crippen molar-refractivity contribution in [3.05, 3.63) is 35.8 Å². The van der Waals surface area contributed by atoms with E-state index in [0.717, 1.165) is 5.56 Å². The first-order valence-electron chi connectivity index (χ1n) is 4.84. The fourth-order valence-corrected chi connectivity index (χ4v) is 1.38. The molecule has 2 aromatic heterocycles. The highest BCUT2D eigenvalue weighted by atomic mass is 19.1. The fourth-order valence-electron chi connectivity index (χ4n) is 1.38. The molecule has 0 saturated carbocycles. The molecule has 0 saturated heterocycles. The van der Waals surface area contributed by atoms with Gasteiger partial charge in [-0.1, -0.05) is 0 Å². The molecule has 2 heterocycles. The molecule has 0 aliphatic carbocycles. The van der Waals surface area contributed by atoms with Crippen LogP contribution in [0.5, 0.6) is 0 Å². The Morgan fingerprint density at radius 1 is 1.25 bits per heavy atom. The molecule has 0 amide bonds. The molecular formula is C11H11FN4. The summed E-state index contributed by atoms with van der Waals surface area (Å²) in [6, 6.07) is 4.81. The first kappa shape index (κ1) is 10.5. The lowest BCUT2D eigenvalue weighted by Crippen LogP contribution is -1.99. The fraction of sp³-hybridized carbons (Fsp3) is 0.182. The van der Waals surface area contributed by atoms with Gasteiger partial charge in [0.2, 0.25) is 0 Å². The van der Waals surface area contributed by atoms with Crippen LogP contribution in [0.25, 0.3) is 11.4 Å². The number of aromatic nitrogens is 3. The van der Waals surface area contributed by atoms with E-state index in [1.165, 1.54) is 12.3 Å². The van der Waals surface area contributed by atoms with Gasteiger partial charge >= 0.3 is 0 Å². The Morgan fingerprint density at radius 2 is 2.06 bits per heavy atom. The summed E-state index contributed by atoms with van der Waals surface area (Å²) in [6.07, 6.45) is 1.17. The number of nitrogens with one attached hydrogen (secondary N) is 1. The number of hydrogen-bond donors (Lipinski definition) is 1. The third-order valence-electron chi connectivity index (χ3n) is 2.21. The Bertz CT molecular complexity index is 496. The van der Waals surface area contributed by atoms with E-state index in [-0.39, 0.29) is 5.82 Å². The molecule has 0 aliphatic rings. The highest BCUT2D eigenvalue weighted by molar-refractivity contribution is 5.59. The number of hydrogen-bond acceptors (Lipinski definition) is 4. The molecule has 5 heteroatoms. The zero-order valence-electron chi connectivity index (χ0n) is 9.03. The molecule has 1 N–H and O–H groups in total. The summed E-state index contributed by atoms with van der Waals surface area (Å²) in [4.78, 5) is 3.97. The van der Waals surface area contributed by atoms with Crippen LogP contribution in [0, 0.1) is 12.7 Å². The SMILES string of the molecule is CNc1cc(C)c(-c2ccc(F)cn2)nn1. The van der Waals surface area contributed by atoms with E-state index < -0.39 is 0 Å². The average molecular weight is 218 g/mol. The van der Waals surface area contributed by atoms with Crippen molar-refractivity contribution in [3.63, 3.8) is 0 Å². The standard InChI is InChI=1S/C11H11FN4/c1-7-5-10(13-2)15-16-11(7)9-4-3-8(12)6-14-9/h3-6H,1-2H3,(H,13,15). The predicted molar refractivity (Wildman–Crippen MR) is 59.5 cm³/mol. The highest BCUT2D eigenvalue weighted by Crippen LogP contribution is 2.19. The van der Waals surface area contributed by atoms with Gasteiger partial charge in [0.1, 0.15) is 17.3 Å². The molecule has 16 heavy (non-hydrogen) atoms. The van der Waals surface area contributed by atoms with E-state index in [9.17, 15) is 4.39 Å². The Hall–Kier alpha value is -2.04. The molecule has 4 nitrogen and oxygen atoms in total. The van der Waals surface area contributed by atoms with Crippen LogP contribution in [0.1, 0.15) is 5.56 Å². The molecular weight excluding hydrogens is 207 g/mol. The van der Waals surface area contributed by atoms with Crippen molar-refractivity contribution in [2.75, 3.05) is 12.4 Å². The van der Waals surface area contributed by atoms with Gasteiger partial charge in [-0.05, 0) is 30.7 Å². The second-order valence-electron chi connectivity index (χ2n) is 3.37. The van der Waals surface area contributed by atoms with Crippen LogP contribution in [0.4, 0.5) is 10.2 Å². The minimum atomic E-state index is -0.360. The summed E-state index contributed by atoms with van der Waals surface area (Å²) in [5.74, 6) is 0.338. The molecule has 0 spiro atoms. The van der Waals surface area contributed by atoms with E-state index in [1.54, 1.807) is 13.1 Å². The summed E-state index contributed by atoms with van der Waals surface area (Å²) >= 11 is 0. The maximum atomic E-state index is 12.7. The summed E-state index contributed by atoms with van der Waals surface area (Å²) < 4.78 is 12.7. The maximum Gasteiger partial charge on any atom is 0.148 e. The lowest BCUT2D eigenvalue weighted by molar-refractivity contribution is 0.621. The number of rotatable bonds is 2. The van der Waals surface area contributed by atoms with Gasteiger partial charge in [0.15, 0.2) is 0 Å². The van der Waals surface area contributed by atoms with E-state index in [4.69, 9.17) is 0 Å². The van der Waals surface area contributed by atoms with Gasteiger partial charge in [-0.2, -0.15) is 0 Å². The molecule has 0 unspecified atom stereocenters. The molecule has 2 rings (SSSR count). The monoisotopic (exact) mass is 218 g/mol. The molecule has 0 atom stereocenters. The van der Waals surface area contributed by atoms with Crippen molar-refractivity contribution in [2.45, 2.75) is 6.92 Å². The third-order valence-corrected chi connectivity index (χ3v) is 2.21. The van der Waals surface area contributed by atoms with Crippen molar-refractivity contribution in [1.29, 1.82) is 0 Å². The quantitative estimate of drug-likeness (QED) is 0.837. The van der Waals surface area contributed by atoms with E-state index in [1.807, 2.05) is 13.0 Å². The number of halogens is 1. The van der Waals surface area contributed by atoms with Crippen LogP contribution in [0.15, 0.2) is 24.4 Å². The normalized spacial score (nSPS) is 10.2. The number of aryl methyl sites for hydroxylation is 1. The van der Waals surface area contributed by atoms with Gasteiger partial charge in [-0.15, -0.1) is 10.2 Å². The molecule has 0 aromatic carbocycles. The van der Waals surface area contributed by atoms with Crippen LogP contribution in [-0.4, -0.2) is 22.2 Å². The van der Waals surface area contributed by atoms with Gasteiger partial charge in [0, 0.05) is 7.05 Å². The second-order valence-corrected chi connectivity index (χ2v) is 3.37. The van der Waals surface area contributed by atoms with Crippen molar-refractivity contribution in [3.8, 4) is 11.4 Å². The molecule has 0 radical (unpaired) electrons. The smallest absolute Gasteiger partial charge is 0.148 e. The lowest BCUT2D eigenvalue weighted by Gasteiger charge is -2.05. The van der Waals surface area contributed by atoms with E-state index in [0.29, 0.717) is 17.2 Å². The predicted octanol–water partition coefficient (Wildman–Crippen LogP) is 2.03. The van der Waals surface area contributed by atoms with E-state index >= 15 is 0 Å². The summed E-state index contributed by atoms with van der Waals surface area (Å²) in [6.45, 7) is 1.91. The Kier molecular flexibility index (Phi) is 2.76. The zero-order chi connectivity index (χ0) is 11.5. The van der Waals surface area contributed by atoms with E-state index in [2.05, 4.69) is 20.5 Å². The van der Waals surface area contributed by atoms with Gasteiger partial charge in [0.25, 0.3) is 0 Å². The van der Waals surface area contributed by atoms with Crippen LogP contribution in [0.3, 0.4) is 0 Å². The second kappa shape index (κ2) is 4.22. The first-order chi connectivity index (χ1) is 7.70. The van der Waals surface area contributed by atoms with Crippen molar-refractivity contribution in [2.24, 2.45) is 0 Å². The van der Waals surface area contributed by atoms with Gasteiger partial charge < -0.3 is 5.32 Å². The Labute approximate surface area is 92.6 Å². The van der Waals surface area contributed by atoms with Crippen LogP contribution >= 0.6 is 0 Å². The number of nitrogens with zero attached hydrogens (tertiary/aromatic N) is 3. The first-order valence-corrected chi connectivity index (χ1v) is 4.84. The van der Waals surface area contributed by atoms with Gasteiger partial charge in [0.05, 0.1) is 11.9 Å². The van der Waals surface area contributed by atoms with Crippen LogP contribution in [0.2, 0.25) is 0 Å². The van der Waals surface area contributed by atoms with Crippen LogP contribution in [-0.2, 0) is 0 Å². The minimum absolute atomic E-state index is 0.360.